The first kappa shape index (κ1) is 22.1. The highest BCUT2D eigenvalue weighted by Crippen LogP contribution is 2.46. The number of nitrogens with zero attached hydrogens (tertiary/aromatic N) is 1. The zero-order valence-corrected chi connectivity index (χ0v) is 17.9. The number of nitrogens with one attached hydrogen (secondary N) is 2. The van der Waals surface area contributed by atoms with Crippen LogP contribution >= 0.6 is 0 Å². The van der Waals surface area contributed by atoms with E-state index < -0.39 is 6.10 Å². The van der Waals surface area contributed by atoms with E-state index >= 15 is 0 Å². The summed E-state index contributed by atoms with van der Waals surface area (Å²) in [6.45, 7) is 7.88. The molecule has 1 saturated carbocycles. The molecule has 0 saturated heterocycles. The molecule has 2 amide bonds. The van der Waals surface area contributed by atoms with Crippen LogP contribution < -0.4 is 20.1 Å². The highest BCUT2D eigenvalue weighted by atomic mass is 16.6. The number of hydrogen-bond acceptors (Lipinski definition) is 6. The summed E-state index contributed by atoms with van der Waals surface area (Å²) in [6, 6.07) is 4.91. The van der Waals surface area contributed by atoms with Gasteiger partial charge in [0.2, 0.25) is 6.08 Å². The maximum Gasteiger partial charge on any atom is 0.315 e. The number of fused-ring (bicyclic) bond motifs is 1. The monoisotopic (exact) mass is 417 g/mol. The molecule has 3 atom stereocenters. The number of amides is 2. The van der Waals surface area contributed by atoms with Crippen molar-refractivity contribution < 1.29 is 24.2 Å². The minimum absolute atomic E-state index is 0.0219. The lowest BCUT2D eigenvalue weighted by Gasteiger charge is -2.46. The lowest BCUT2D eigenvalue weighted by atomic mass is 9.62. The van der Waals surface area contributed by atoms with Gasteiger partial charge in [0.15, 0.2) is 11.5 Å². The third-order valence-electron chi connectivity index (χ3n) is 5.71. The summed E-state index contributed by atoms with van der Waals surface area (Å²) < 4.78 is 11.0. The molecular formula is C22H31N3O5. The number of carbonyl (C=O) groups excluding carboxylic acids is 2. The first-order chi connectivity index (χ1) is 14.2. The van der Waals surface area contributed by atoms with Crippen molar-refractivity contribution in [3.63, 3.8) is 0 Å². The molecule has 8 nitrogen and oxygen atoms in total. The summed E-state index contributed by atoms with van der Waals surface area (Å²) in [4.78, 5) is 26.8. The van der Waals surface area contributed by atoms with Gasteiger partial charge in [-0.25, -0.2) is 14.6 Å². The Hall–Kier alpha value is -2.57. The molecule has 8 heteroatoms. The fraction of sp³-hybridized carbons (Fsp3) is 0.636. The summed E-state index contributed by atoms with van der Waals surface area (Å²) in [5.74, 6) is 1.26. The molecule has 0 bridgehead atoms. The number of ether oxygens (including phenoxy) is 2. The Labute approximate surface area is 177 Å². The molecular weight excluding hydrogens is 386 g/mol. The first-order valence-corrected chi connectivity index (χ1v) is 10.4. The van der Waals surface area contributed by atoms with Crippen molar-refractivity contribution in [1.29, 1.82) is 0 Å². The largest absolute Gasteiger partial charge is 0.486 e. The van der Waals surface area contributed by atoms with Gasteiger partial charge in [0, 0.05) is 12.6 Å². The fourth-order valence-electron chi connectivity index (χ4n) is 4.89. The summed E-state index contributed by atoms with van der Waals surface area (Å²) in [7, 11) is 0. The Bertz CT molecular complexity index is 821. The van der Waals surface area contributed by atoms with Crippen molar-refractivity contribution >= 4 is 12.1 Å². The van der Waals surface area contributed by atoms with E-state index in [1.54, 1.807) is 24.3 Å². The first-order valence-electron chi connectivity index (χ1n) is 10.4. The van der Waals surface area contributed by atoms with Crippen LogP contribution in [-0.4, -0.2) is 49.6 Å². The van der Waals surface area contributed by atoms with Gasteiger partial charge in [-0.05, 0) is 47.8 Å². The zero-order valence-electron chi connectivity index (χ0n) is 17.9. The number of benzene rings is 1. The molecule has 1 heterocycles. The molecule has 1 aromatic carbocycles. The van der Waals surface area contributed by atoms with Crippen molar-refractivity contribution in [2.75, 3.05) is 26.3 Å². The van der Waals surface area contributed by atoms with Crippen LogP contribution in [0.15, 0.2) is 23.2 Å². The number of aliphatic hydroxyl groups excluding tert-OH is 1. The van der Waals surface area contributed by atoms with Crippen LogP contribution in [0.3, 0.4) is 0 Å². The number of hydrogen-bond donors (Lipinski definition) is 3. The Morgan fingerprint density at radius 2 is 2.00 bits per heavy atom. The van der Waals surface area contributed by atoms with Gasteiger partial charge in [-0.1, -0.05) is 26.8 Å². The van der Waals surface area contributed by atoms with E-state index in [1.165, 1.54) is 0 Å². The minimum atomic E-state index is -0.860. The molecule has 0 radical (unpaired) electrons. The molecule has 3 N–H and O–H groups in total. The summed E-state index contributed by atoms with van der Waals surface area (Å²) in [5, 5.41) is 16.2. The molecule has 3 unspecified atom stereocenters. The van der Waals surface area contributed by atoms with Crippen LogP contribution in [0.1, 0.15) is 51.7 Å². The van der Waals surface area contributed by atoms with E-state index in [-0.39, 0.29) is 29.4 Å². The second kappa shape index (κ2) is 9.06. The van der Waals surface area contributed by atoms with Gasteiger partial charge in [-0.15, -0.1) is 0 Å². The number of carbonyl (C=O) groups is 1. The predicted octanol–water partition coefficient (Wildman–Crippen LogP) is 2.71. The number of isocyanates is 1. The van der Waals surface area contributed by atoms with Crippen LogP contribution in [-0.2, 0) is 4.79 Å². The summed E-state index contributed by atoms with van der Waals surface area (Å²) in [5.41, 5.74) is 0.508. The van der Waals surface area contributed by atoms with Crippen LogP contribution in [0.4, 0.5) is 4.79 Å². The van der Waals surface area contributed by atoms with Crippen molar-refractivity contribution in [3.8, 4) is 11.5 Å². The van der Waals surface area contributed by atoms with E-state index in [0.717, 1.165) is 19.3 Å². The molecule has 164 valence electrons. The van der Waals surface area contributed by atoms with Crippen LogP contribution in [0.5, 0.6) is 11.5 Å². The van der Waals surface area contributed by atoms with Gasteiger partial charge in [-0.2, -0.15) is 0 Å². The standard InChI is InChI=1S/C22H31N3O5/c1-21(2)9-16(10-22(3,12-21)13-23-14-26)25-20(28)24-11-17(27)15-4-5-18-19(8-15)30-7-6-29-18/h4-5,8,16-17,27H,6-7,9-13H2,1-3H3,(H2,24,25,28). The fourth-order valence-corrected chi connectivity index (χ4v) is 4.89. The normalized spacial score (nSPS) is 25.5. The topological polar surface area (TPSA) is 109 Å². The third-order valence-corrected chi connectivity index (χ3v) is 5.71. The number of aliphatic imine (C=N–C) groups is 1. The van der Waals surface area contributed by atoms with Gasteiger partial charge in [0.1, 0.15) is 13.2 Å². The van der Waals surface area contributed by atoms with Crippen LogP contribution in [0.25, 0.3) is 0 Å². The number of urea groups is 1. The van der Waals surface area contributed by atoms with Crippen LogP contribution in [0, 0.1) is 10.8 Å². The van der Waals surface area contributed by atoms with E-state index in [0.29, 0.717) is 36.8 Å². The van der Waals surface area contributed by atoms with Crippen molar-refractivity contribution in [2.45, 2.75) is 52.2 Å². The second-order valence-corrected chi connectivity index (χ2v) is 9.44. The smallest absolute Gasteiger partial charge is 0.315 e. The van der Waals surface area contributed by atoms with Crippen LogP contribution in [0.2, 0.25) is 0 Å². The van der Waals surface area contributed by atoms with Gasteiger partial charge >= 0.3 is 6.03 Å². The maximum absolute atomic E-state index is 12.5. The lowest BCUT2D eigenvalue weighted by Crippen LogP contribution is -2.50. The van der Waals surface area contributed by atoms with Crippen molar-refractivity contribution in [3.05, 3.63) is 23.8 Å². The van der Waals surface area contributed by atoms with Gasteiger partial charge < -0.3 is 25.2 Å². The summed E-state index contributed by atoms with van der Waals surface area (Å²) in [6.07, 6.45) is 3.26. The molecule has 1 aliphatic heterocycles. The Morgan fingerprint density at radius 3 is 2.73 bits per heavy atom. The Balaban J connectivity index is 1.54. The van der Waals surface area contributed by atoms with Gasteiger partial charge in [-0.3, -0.25) is 0 Å². The molecule has 2 aliphatic rings. The highest BCUT2D eigenvalue weighted by Gasteiger charge is 2.41. The lowest BCUT2D eigenvalue weighted by molar-refractivity contribution is 0.0803. The molecule has 0 spiro atoms. The highest BCUT2D eigenvalue weighted by molar-refractivity contribution is 5.74. The van der Waals surface area contributed by atoms with E-state index in [1.807, 2.05) is 0 Å². The molecule has 3 rings (SSSR count). The minimum Gasteiger partial charge on any atom is -0.486 e. The Kier molecular flexibility index (Phi) is 6.68. The molecule has 30 heavy (non-hydrogen) atoms. The number of aliphatic hydroxyl groups is 1. The van der Waals surface area contributed by atoms with Crippen molar-refractivity contribution in [2.24, 2.45) is 15.8 Å². The van der Waals surface area contributed by atoms with E-state index in [2.05, 4.69) is 36.4 Å². The molecule has 0 aromatic heterocycles. The SMILES string of the molecule is CC1(C)CC(NC(=O)NCC(O)c2ccc3c(c2)OCCO3)CC(C)(CN=C=O)C1. The molecule has 1 aromatic rings. The summed E-state index contributed by atoms with van der Waals surface area (Å²) >= 11 is 0. The predicted molar refractivity (Wildman–Crippen MR) is 111 cm³/mol. The average Bonchev–Trinajstić information content (AvgIpc) is 2.68. The number of rotatable bonds is 6. The van der Waals surface area contributed by atoms with E-state index in [9.17, 15) is 14.7 Å². The average molecular weight is 418 g/mol. The van der Waals surface area contributed by atoms with Gasteiger partial charge in [0.25, 0.3) is 0 Å². The third kappa shape index (κ3) is 5.74. The van der Waals surface area contributed by atoms with Gasteiger partial charge in [0.05, 0.1) is 12.6 Å². The van der Waals surface area contributed by atoms with Crippen molar-refractivity contribution in [1.82, 2.24) is 10.6 Å². The van der Waals surface area contributed by atoms with E-state index in [4.69, 9.17) is 9.47 Å². The zero-order chi connectivity index (χ0) is 21.8. The maximum atomic E-state index is 12.5. The Morgan fingerprint density at radius 1 is 1.27 bits per heavy atom. The second-order valence-electron chi connectivity index (χ2n) is 9.44. The molecule has 1 fully saturated rings. The quantitative estimate of drug-likeness (QED) is 0.487. The molecule has 1 aliphatic carbocycles.